The molecule has 0 saturated heterocycles. The van der Waals surface area contributed by atoms with Gasteiger partial charge >= 0.3 is 0 Å². The Morgan fingerprint density at radius 1 is 1.12 bits per heavy atom. The summed E-state index contributed by atoms with van der Waals surface area (Å²) in [5, 5.41) is 6.73. The predicted molar refractivity (Wildman–Crippen MR) is 92.2 cm³/mol. The predicted octanol–water partition coefficient (Wildman–Crippen LogP) is 2.41. The summed E-state index contributed by atoms with van der Waals surface area (Å²) in [5.41, 5.74) is 6.17. The summed E-state index contributed by atoms with van der Waals surface area (Å²) < 4.78 is 20.2. The minimum atomic E-state index is -0.545. The highest BCUT2D eigenvalue weighted by Gasteiger charge is 2.11. The van der Waals surface area contributed by atoms with Gasteiger partial charge in [-0.15, -0.1) is 0 Å². The number of benzene rings is 2. The lowest BCUT2D eigenvalue weighted by Gasteiger charge is -2.07. The molecule has 132 valence electrons. The fourth-order valence-corrected chi connectivity index (χ4v) is 2.17. The lowest BCUT2D eigenvalue weighted by molar-refractivity contribution is 0.0997. The van der Waals surface area contributed by atoms with Crippen LogP contribution in [0.25, 0.3) is 0 Å². The van der Waals surface area contributed by atoms with Crippen molar-refractivity contribution in [3.8, 4) is 5.75 Å². The van der Waals surface area contributed by atoms with E-state index >= 15 is 0 Å². The molecular formula is C18H15FN4O3. The van der Waals surface area contributed by atoms with Crippen molar-refractivity contribution in [2.75, 3.05) is 5.32 Å². The van der Waals surface area contributed by atoms with Crippen molar-refractivity contribution < 1.29 is 18.7 Å². The molecule has 0 radical (unpaired) electrons. The zero-order chi connectivity index (χ0) is 18.5. The molecule has 0 saturated carbocycles. The molecule has 1 heterocycles. The normalized spacial score (nSPS) is 10.3. The van der Waals surface area contributed by atoms with E-state index in [-0.39, 0.29) is 18.2 Å². The number of anilines is 1. The van der Waals surface area contributed by atoms with Gasteiger partial charge in [-0.2, -0.15) is 5.10 Å². The van der Waals surface area contributed by atoms with E-state index in [0.717, 1.165) is 0 Å². The van der Waals surface area contributed by atoms with Gasteiger partial charge in [-0.3, -0.25) is 9.59 Å². The Kier molecular flexibility index (Phi) is 4.93. The number of primary amides is 1. The van der Waals surface area contributed by atoms with Crippen LogP contribution in [0.1, 0.15) is 20.8 Å². The molecule has 0 aliphatic rings. The smallest absolute Gasteiger partial charge is 0.276 e. The molecule has 2 amide bonds. The topological polar surface area (TPSA) is 99.2 Å². The van der Waals surface area contributed by atoms with E-state index < -0.39 is 17.6 Å². The molecule has 7 nitrogen and oxygen atoms in total. The Morgan fingerprint density at radius 3 is 2.54 bits per heavy atom. The summed E-state index contributed by atoms with van der Waals surface area (Å²) in [6.45, 7) is -0.0402. The molecule has 3 rings (SSSR count). The van der Waals surface area contributed by atoms with Crippen molar-refractivity contribution in [3.63, 3.8) is 0 Å². The Labute approximate surface area is 148 Å². The van der Waals surface area contributed by atoms with Gasteiger partial charge in [0.1, 0.15) is 0 Å². The van der Waals surface area contributed by atoms with Gasteiger partial charge < -0.3 is 15.8 Å². The SMILES string of the molecule is NC(=O)c1ccc(NC(=O)c2ccn(COc3ccccc3F)n2)cc1. The summed E-state index contributed by atoms with van der Waals surface area (Å²) in [7, 11) is 0. The van der Waals surface area contributed by atoms with Crippen LogP contribution in [0.3, 0.4) is 0 Å². The fraction of sp³-hybridized carbons (Fsp3) is 0.0556. The number of hydrogen-bond acceptors (Lipinski definition) is 4. The van der Waals surface area contributed by atoms with Crippen molar-refractivity contribution >= 4 is 17.5 Å². The molecule has 2 aromatic carbocycles. The van der Waals surface area contributed by atoms with Crippen LogP contribution < -0.4 is 15.8 Å². The summed E-state index contributed by atoms with van der Waals surface area (Å²) >= 11 is 0. The third kappa shape index (κ3) is 4.04. The Balaban J connectivity index is 1.60. The molecule has 0 aliphatic carbocycles. The van der Waals surface area contributed by atoms with Crippen LogP contribution in [0.2, 0.25) is 0 Å². The van der Waals surface area contributed by atoms with Crippen molar-refractivity contribution in [1.29, 1.82) is 0 Å². The molecule has 8 heteroatoms. The molecule has 3 aromatic rings. The highest BCUT2D eigenvalue weighted by atomic mass is 19.1. The summed E-state index contributed by atoms with van der Waals surface area (Å²) in [5.74, 6) is -1.35. The Bertz CT molecular complexity index is 938. The molecule has 0 aliphatic heterocycles. The van der Waals surface area contributed by atoms with Crippen LogP contribution in [0.4, 0.5) is 10.1 Å². The zero-order valence-corrected chi connectivity index (χ0v) is 13.6. The van der Waals surface area contributed by atoms with Crippen LogP contribution in [0, 0.1) is 5.82 Å². The van der Waals surface area contributed by atoms with Gasteiger partial charge in [0.15, 0.2) is 24.0 Å². The molecule has 0 unspecified atom stereocenters. The van der Waals surface area contributed by atoms with E-state index in [4.69, 9.17) is 10.5 Å². The number of rotatable bonds is 6. The summed E-state index contributed by atoms with van der Waals surface area (Å²) in [4.78, 5) is 23.2. The van der Waals surface area contributed by atoms with Gasteiger partial charge in [0.2, 0.25) is 5.91 Å². The van der Waals surface area contributed by atoms with Crippen LogP contribution in [-0.2, 0) is 6.73 Å². The molecular weight excluding hydrogens is 339 g/mol. The first-order valence-electron chi connectivity index (χ1n) is 7.65. The van der Waals surface area contributed by atoms with Crippen molar-refractivity contribution in [1.82, 2.24) is 9.78 Å². The van der Waals surface area contributed by atoms with Crippen molar-refractivity contribution in [2.45, 2.75) is 6.73 Å². The molecule has 0 bridgehead atoms. The molecule has 1 aromatic heterocycles. The number of nitrogens with two attached hydrogens (primary N) is 1. The maximum Gasteiger partial charge on any atom is 0.276 e. The molecule has 0 spiro atoms. The number of carbonyl (C=O) groups excluding carboxylic acids is 2. The highest BCUT2D eigenvalue weighted by molar-refractivity contribution is 6.03. The van der Waals surface area contributed by atoms with E-state index in [2.05, 4.69) is 10.4 Å². The van der Waals surface area contributed by atoms with Gasteiger partial charge in [-0.1, -0.05) is 12.1 Å². The number of para-hydroxylation sites is 1. The van der Waals surface area contributed by atoms with Gasteiger partial charge in [0.25, 0.3) is 5.91 Å². The average Bonchev–Trinajstić information content (AvgIpc) is 3.11. The number of carbonyl (C=O) groups is 2. The van der Waals surface area contributed by atoms with Gasteiger partial charge in [-0.05, 0) is 42.5 Å². The summed E-state index contributed by atoms with van der Waals surface area (Å²) in [6, 6.07) is 13.7. The largest absolute Gasteiger partial charge is 0.468 e. The Hall–Kier alpha value is -3.68. The van der Waals surface area contributed by atoms with Crippen LogP contribution in [0.5, 0.6) is 5.75 Å². The lowest BCUT2D eigenvalue weighted by atomic mass is 10.2. The second-order valence-corrected chi connectivity index (χ2v) is 5.34. The maximum atomic E-state index is 13.5. The second kappa shape index (κ2) is 7.47. The highest BCUT2D eigenvalue weighted by Crippen LogP contribution is 2.16. The second-order valence-electron chi connectivity index (χ2n) is 5.34. The van der Waals surface area contributed by atoms with E-state index in [9.17, 15) is 14.0 Å². The van der Waals surface area contributed by atoms with Crippen LogP contribution >= 0.6 is 0 Å². The minimum absolute atomic E-state index is 0.0402. The van der Waals surface area contributed by atoms with Gasteiger partial charge in [0.05, 0.1) is 0 Å². The van der Waals surface area contributed by atoms with E-state index in [1.807, 2.05) is 0 Å². The van der Waals surface area contributed by atoms with E-state index in [1.54, 1.807) is 30.5 Å². The van der Waals surface area contributed by atoms with Gasteiger partial charge in [-0.25, -0.2) is 9.07 Å². The third-order valence-electron chi connectivity index (χ3n) is 3.49. The first-order chi connectivity index (χ1) is 12.5. The minimum Gasteiger partial charge on any atom is -0.468 e. The number of hydrogen-bond donors (Lipinski definition) is 2. The number of ether oxygens (including phenoxy) is 1. The first kappa shape index (κ1) is 17.2. The third-order valence-corrected chi connectivity index (χ3v) is 3.49. The van der Waals surface area contributed by atoms with Crippen LogP contribution in [-0.4, -0.2) is 21.6 Å². The standard InChI is InChI=1S/C18H15FN4O3/c19-14-3-1-2-4-16(14)26-11-23-10-9-15(22-23)18(25)21-13-7-5-12(6-8-13)17(20)24/h1-10H,11H2,(H2,20,24)(H,21,25). The Morgan fingerprint density at radius 2 is 1.85 bits per heavy atom. The van der Waals surface area contributed by atoms with Crippen molar-refractivity contribution in [2.24, 2.45) is 5.73 Å². The number of amides is 2. The zero-order valence-electron chi connectivity index (χ0n) is 13.6. The lowest BCUT2D eigenvalue weighted by Crippen LogP contribution is -2.15. The van der Waals surface area contributed by atoms with Crippen molar-refractivity contribution in [3.05, 3.63) is 77.9 Å². The van der Waals surface area contributed by atoms with Gasteiger partial charge in [0, 0.05) is 17.4 Å². The number of nitrogens with one attached hydrogen (secondary N) is 1. The van der Waals surface area contributed by atoms with E-state index in [1.165, 1.54) is 35.0 Å². The van der Waals surface area contributed by atoms with Crippen LogP contribution in [0.15, 0.2) is 60.8 Å². The fourth-order valence-electron chi connectivity index (χ4n) is 2.17. The monoisotopic (exact) mass is 354 g/mol. The maximum absolute atomic E-state index is 13.5. The average molecular weight is 354 g/mol. The first-order valence-corrected chi connectivity index (χ1v) is 7.65. The number of aromatic nitrogens is 2. The molecule has 0 atom stereocenters. The quantitative estimate of drug-likeness (QED) is 0.710. The molecule has 0 fully saturated rings. The number of nitrogens with zero attached hydrogens (tertiary/aromatic N) is 2. The summed E-state index contributed by atoms with van der Waals surface area (Å²) in [6.07, 6.45) is 1.55. The van der Waals surface area contributed by atoms with E-state index in [0.29, 0.717) is 11.3 Å². The number of halogens is 1. The molecule has 26 heavy (non-hydrogen) atoms. The molecule has 3 N–H and O–H groups in total.